The van der Waals surface area contributed by atoms with Crippen LogP contribution in [0.2, 0.25) is 0 Å². The maximum atomic E-state index is 11.4. The Balaban J connectivity index is 0.00000128. The highest BCUT2D eigenvalue weighted by Gasteiger charge is 2.26. The molecule has 1 unspecified atom stereocenters. The Labute approximate surface area is 114 Å². The van der Waals surface area contributed by atoms with Gasteiger partial charge in [0.1, 0.15) is 0 Å². The van der Waals surface area contributed by atoms with Crippen LogP contribution in [0.15, 0.2) is 12.4 Å². The molecule has 0 aromatic carbocycles. The molecule has 1 aromatic rings. The summed E-state index contributed by atoms with van der Waals surface area (Å²) < 4.78 is 24.7. The summed E-state index contributed by atoms with van der Waals surface area (Å²) in [5.41, 5.74) is 0.958. The lowest BCUT2D eigenvalue weighted by Gasteiger charge is -2.22. The van der Waals surface area contributed by atoms with E-state index in [1.165, 1.54) is 0 Å². The van der Waals surface area contributed by atoms with E-state index >= 15 is 0 Å². The molecular weight excluding hydrogens is 285 g/mol. The van der Waals surface area contributed by atoms with Crippen LogP contribution in [0.5, 0.6) is 0 Å². The lowest BCUT2D eigenvalue weighted by Crippen LogP contribution is -2.38. The number of aryl methyl sites for hydroxylation is 1. The van der Waals surface area contributed by atoms with Crippen LogP contribution in [0, 0.1) is 0 Å². The first-order valence-electron chi connectivity index (χ1n) is 5.07. The van der Waals surface area contributed by atoms with Gasteiger partial charge in [-0.1, -0.05) is 0 Å². The van der Waals surface area contributed by atoms with Crippen LogP contribution >= 0.6 is 24.8 Å². The molecule has 1 atom stereocenters. The van der Waals surface area contributed by atoms with Crippen molar-refractivity contribution in [3.8, 4) is 0 Å². The van der Waals surface area contributed by atoms with E-state index in [1.54, 1.807) is 10.9 Å². The van der Waals surface area contributed by atoms with Crippen molar-refractivity contribution < 1.29 is 8.42 Å². The first-order chi connectivity index (χ1) is 7.11. The zero-order valence-corrected chi connectivity index (χ0v) is 11.9. The molecular formula is C9H17Cl2N3O2S. The number of nitrogens with zero attached hydrogens (tertiary/aromatic N) is 2. The minimum absolute atomic E-state index is 0. The van der Waals surface area contributed by atoms with Gasteiger partial charge in [-0.25, -0.2) is 8.42 Å². The smallest absolute Gasteiger partial charge is 0.153 e. The predicted molar refractivity (Wildman–Crippen MR) is 71.8 cm³/mol. The monoisotopic (exact) mass is 301 g/mol. The summed E-state index contributed by atoms with van der Waals surface area (Å²) in [7, 11) is -2.88. The third-order valence-electron chi connectivity index (χ3n) is 2.60. The fraction of sp³-hybridized carbons (Fsp3) is 0.667. The van der Waals surface area contributed by atoms with Gasteiger partial charge in [0.2, 0.25) is 0 Å². The standard InChI is InChI=1S/C9H15N3O2S.2ClH/c1-2-12-6-8(5-11-12)9-7-15(13,14)4-3-10-9;;/h5-6,9-10H,2-4,7H2,1H3;2*1H. The van der Waals surface area contributed by atoms with Crippen molar-refractivity contribution in [3.63, 3.8) is 0 Å². The molecule has 1 aliphatic rings. The van der Waals surface area contributed by atoms with E-state index < -0.39 is 9.84 Å². The molecule has 0 spiro atoms. The zero-order valence-electron chi connectivity index (χ0n) is 9.50. The van der Waals surface area contributed by atoms with Crippen LogP contribution in [0.25, 0.3) is 0 Å². The van der Waals surface area contributed by atoms with Gasteiger partial charge in [0, 0.05) is 30.9 Å². The van der Waals surface area contributed by atoms with E-state index in [0.29, 0.717) is 6.54 Å². The first kappa shape index (κ1) is 16.7. The van der Waals surface area contributed by atoms with Crippen molar-refractivity contribution in [1.82, 2.24) is 15.1 Å². The summed E-state index contributed by atoms with van der Waals surface area (Å²) >= 11 is 0. The molecule has 0 aliphatic carbocycles. The summed E-state index contributed by atoms with van der Waals surface area (Å²) in [6, 6.07) is -0.0935. The Morgan fingerprint density at radius 3 is 2.76 bits per heavy atom. The van der Waals surface area contributed by atoms with E-state index in [1.807, 2.05) is 13.1 Å². The van der Waals surface area contributed by atoms with Gasteiger partial charge < -0.3 is 5.32 Å². The highest BCUT2D eigenvalue weighted by atomic mass is 35.5. The summed E-state index contributed by atoms with van der Waals surface area (Å²) in [4.78, 5) is 0. The highest BCUT2D eigenvalue weighted by molar-refractivity contribution is 7.91. The van der Waals surface area contributed by atoms with Gasteiger partial charge in [-0.3, -0.25) is 4.68 Å². The van der Waals surface area contributed by atoms with Crippen molar-refractivity contribution in [2.45, 2.75) is 19.5 Å². The number of aromatic nitrogens is 2. The van der Waals surface area contributed by atoms with Gasteiger partial charge >= 0.3 is 0 Å². The normalized spacial score (nSPS) is 22.3. The van der Waals surface area contributed by atoms with Crippen LogP contribution in [0.4, 0.5) is 0 Å². The van der Waals surface area contributed by atoms with Crippen molar-refractivity contribution in [3.05, 3.63) is 18.0 Å². The second-order valence-electron chi connectivity index (χ2n) is 3.75. The molecule has 1 fully saturated rings. The lowest BCUT2D eigenvalue weighted by molar-refractivity contribution is 0.530. The lowest BCUT2D eigenvalue weighted by atomic mass is 10.2. The number of hydrogen-bond donors (Lipinski definition) is 1. The number of sulfone groups is 1. The van der Waals surface area contributed by atoms with Gasteiger partial charge in [-0.2, -0.15) is 5.10 Å². The van der Waals surface area contributed by atoms with E-state index in [4.69, 9.17) is 0 Å². The largest absolute Gasteiger partial charge is 0.308 e. The Kier molecular flexibility index (Phi) is 6.47. The molecule has 1 aromatic heterocycles. The van der Waals surface area contributed by atoms with Gasteiger partial charge in [-0.15, -0.1) is 24.8 Å². The van der Waals surface area contributed by atoms with Crippen molar-refractivity contribution in [2.24, 2.45) is 0 Å². The van der Waals surface area contributed by atoms with E-state index in [2.05, 4.69) is 10.4 Å². The number of halogens is 2. The zero-order chi connectivity index (χ0) is 10.9. The molecule has 2 heterocycles. The van der Waals surface area contributed by atoms with Crippen LogP contribution in [0.1, 0.15) is 18.5 Å². The third kappa shape index (κ3) is 4.13. The summed E-state index contributed by atoms with van der Waals surface area (Å²) in [6.45, 7) is 3.34. The first-order valence-corrected chi connectivity index (χ1v) is 6.89. The molecule has 1 saturated heterocycles. The minimum atomic E-state index is -2.88. The Morgan fingerprint density at radius 2 is 2.24 bits per heavy atom. The molecule has 2 rings (SSSR count). The summed E-state index contributed by atoms with van der Waals surface area (Å²) in [5.74, 6) is 0.424. The van der Waals surface area contributed by atoms with Crippen molar-refractivity contribution >= 4 is 34.7 Å². The fourth-order valence-corrected chi connectivity index (χ4v) is 3.15. The third-order valence-corrected chi connectivity index (χ3v) is 4.27. The second kappa shape index (κ2) is 6.58. The molecule has 0 saturated carbocycles. The fourth-order valence-electron chi connectivity index (χ4n) is 1.73. The van der Waals surface area contributed by atoms with E-state index in [-0.39, 0.29) is 42.4 Å². The van der Waals surface area contributed by atoms with Crippen molar-refractivity contribution in [2.75, 3.05) is 18.1 Å². The molecule has 1 N–H and O–H groups in total. The molecule has 1 aliphatic heterocycles. The van der Waals surface area contributed by atoms with E-state index in [0.717, 1.165) is 12.1 Å². The topological polar surface area (TPSA) is 64.0 Å². The predicted octanol–water partition coefficient (Wildman–Crippen LogP) is 0.806. The molecule has 0 radical (unpaired) electrons. The average molecular weight is 302 g/mol. The molecule has 0 amide bonds. The van der Waals surface area contributed by atoms with Gasteiger partial charge in [0.25, 0.3) is 0 Å². The highest BCUT2D eigenvalue weighted by Crippen LogP contribution is 2.17. The van der Waals surface area contributed by atoms with E-state index in [9.17, 15) is 8.42 Å². The van der Waals surface area contributed by atoms with Gasteiger partial charge in [0.15, 0.2) is 9.84 Å². The second-order valence-corrected chi connectivity index (χ2v) is 5.98. The summed E-state index contributed by atoms with van der Waals surface area (Å²) in [6.07, 6.45) is 3.64. The van der Waals surface area contributed by atoms with Crippen LogP contribution in [-0.2, 0) is 16.4 Å². The van der Waals surface area contributed by atoms with Crippen LogP contribution in [0.3, 0.4) is 0 Å². The number of hydrogen-bond acceptors (Lipinski definition) is 4. The van der Waals surface area contributed by atoms with Crippen molar-refractivity contribution in [1.29, 1.82) is 0 Å². The molecule has 8 heteroatoms. The van der Waals surface area contributed by atoms with Crippen LogP contribution in [-0.4, -0.2) is 36.2 Å². The Morgan fingerprint density at radius 1 is 1.53 bits per heavy atom. The maximum absolute atomic E-state index is 11.4. The minimum Gasteiger partial charge on any atom is -0.308 e. The molecule has 0 bridgehead atoms. The molecule has 5 nitrogen and oxygen atoms in total. The van der Waals surface area contributed by atoms with Gasteiger partial charge in [0.05, 0.1) is 17.7 Å². The Bertz CT molecular complexity index is 447. The summed E-state index contributed by atoms with van der Waals surface area (Å²) in [5, 5.41) is 7.34. The quantitative estimate of drug-likeness (QED) is 0.878. The molecule has 100 valence electrons. The number of nitrogens with one attached hydrogen (secondary N) is 1. The molecule has 17 heavy (non-hydrogen) atoms. The van der Waals surface area contributed by atoms with Crippen LogP contribution < -0.4 is 5.32 Å². The average Bonchev–Trinajstić information content (AvgIpc) is 2.64. The van der Waals surface area contributed by atoms with Gasteiger partial charge in [-0.05, 0) is 6.92 Å². The maximum Gasteiger partial charge on any atom is 0.153 e. The number of rotatable bonds is 2. The Hall–Kier alpha value is -0.300. The SMILES string of the molecule is CCn1cc(C2CS(=O)(=O)CCN2)cn1.Cl.Cl.